The van der Waals surface area contributed by atoms with Crippen molar-refractivity contribution >= 4 is 20.9 Å². The number of nitrogens with one attached hydrogen (secondary N) is 1. The lowest BCUT2D eigenvalue weighted by Gasteiger charge is -2.34. The maximum atomic E-state index is 12.9. The number of benzene rings is 2. The highest BCUT2D eigenvalue weighted by Crippen LogP contribution is 2.22. The van der Waals surface area contributed by atoms with Crippen LogP contribution in [-0.2, 0) is 16.6 Å². The number of aromatic amines is 1. The summed E-state index contributed by atoms with van der Waals surface area (Å²) in [5.41, 5.74) is 2.35. The van der Waals surface area contributed by atoms with E-state index in [1.54, 1.807) is 18.3 Å². The zero-order valence-corrected chi connectivity index (χ0v) is 15.5. The molecule has 1 fully saturated rings. The lowest BCUT2D eigenvalue weighted by atomic mass is 10.1. The van der Waals surface area contributed by atoms with Crippen molar-refractivity contribution in [1.29, 1.82) is 5.26 Å². The van der Waals surface area contributed by atoms with Crippen LogP contribution in [0.1, 0.15) is 11.1 Å². The topological polar surface area (TPSA) is 93.1 Å². The molecule has 0 atom stereocenters. The molecule has 27 heavy (non-hydrogen) atoms. The molecule has 0 spiro atoms. The van der Waals surface area contributed by atoms with Gasteiger partial charge in [-0.2, -0.15) is 14.7 Å². The fourth-order valence-corrected chi connectivity index (χ4v) is 4.96. The van der Waals surface area contributed by atoms with Crippen molar-refractivity contribution in [2.75, 3.05) is 26.2 Å². The summed E-state index contributed by atoms with van der Waals surface area (Å²) in [6, 6.07) is 14.5. The Morgan fingerprint density at radius 3 is 2.67 bits per heavy atom. The number of piperazine rings is 1. The van der Waals surface area contributed by atoms with Gasteiger partial charge in [0, 0.05) is 38.1 Å². The Bertz CT molecular complexity index is 1110. The van der Waals surface area contributed by atoms with E-state index in [0.29, 0.717) is 26.2 Å². The maximum Gasteiger partial charge on any atom is 0.244 e. The number of nitriles is 1. The highest BCUT2D eigenvalue weighted by Gasteiger charge is 2.30. The van der Waals surface area contributed by atoms with Crippen molar-refractivity contribution in [3.05, 3.63) is 59.8 Å². The molecule has 2 aromatic carbocycles. The Kier molecular flexibility index (Phi) is 4.66. The molecule has 0 unspecified atom stereocenters. The van der Waals surface area contributed by atoms with Crippen molar-refractivity contribution in [3.63, 3.8) is 0 Å². The molecular formula is C19H19N5O2S. The monoisotopic (exact) mass is 381 g/mol. The predicted molar refractivity (Wildman–Crippen MR) is 101 cm³/mol. The largest absolute Gasteiger partial charge is 0.296 e. The normalized spacial score (nSPS) is 16.4. The number of hydrogen-bond donors (Lipinski definition) is 1. The van der Waals surface area contributed by atoms with Gasteiger partial charge in [0.15, 0.2) is 0 Å². The second kappa shape index (κ2) is 7.12. The van der Waals surface area contributed by atoms with Gasteiger partial charge >= 0.3 is 0 Å². The second-order valence-corrected chi connectivity index (χ2v) is 8.49. The molecule has 0 amide bonds. The van der Waals surface area contributed by atoms with Gasteiger partial charge in [0.05, 0.1) is 22.2 Å². The van der Waals surface area contributed by atoms with Gasteiger partial charge in [0.1, 0.15) is 6.07 Å². The van der Waals surface area contributed by atoms with Gasteiger partial charge in [-0.25, -0.2) is 8.42 Å². The number of H-pyrrole nitrogens is 1. The van der Waals surface area contributed by atoms with Gasteiger partial charge in [-0.3, -0.25) is 10.00 Å². The minimum absolute atomic E-state index is 0.0886. The maximum absolute atomic E-state index is 12.9. The predicted octanol–water partition coefficient (Wildman–Crippen LogP) is 1.94. The van der Waals surface area contributed by atoms with Crippen molar-refractivity contribution in [2.45, 2.75) is 11.4 Å². The van der Waals surface area contributed by atoms with Crippen LogP contribution in [0, 0.1) is 11.3 Å². The van der Waals surface area contributed by atoms with Crippen LogP contribution >= 0.6 is 0 Å². The zero-order chi connectivity index (χ0) is 18.9. The van der Waals surface area contributed by atoms with Gasteiger partial charge in [-0.1, -0.05) is 24.3 Å². The smallest absolute Gasteiger partial charge is 0.244 e. The van der Waals surface area contributed by atoms with E-state index in [1.165, 1.54) is 16.4 Å². The highest BCUT2D eigenvalue weighted by atomic mass is 32.2. The summed E-state index contributed by atoms with van der Waals surface area (Å²) in [5, 5.41) is 17.3. The first kappa shape index (κ1) is 17.7. The lowest BCUT2D eigenvalue weighted by molar-refractivity contribution is 0.181. The summed E-state index contributed by atoms with van der Waals surface area (Å²) >= 11 is 0. The van der Waals surface area contributed by atoms with Crippen LogP contribution in [0.5, 0.6) is 0 Å². The number of sulfonamides is 1. The number of hydrogen-bond acceptors (Lipinski definition) is 5. The van der Waals surface area contributed by atoms with Gasteiger partial charge in [-0.05, 0) is 23.8 Å². The standard InChI is InChI=1S/C19H19N5O2S/c20-12-16-3-1-2-4-19(16)27(25,26)24-9-7-23(8-10-24)14-15-5-6-17-13-21-22-18(17)11-15/h1-6,11,13H,7-10,14H2,(H,21,22). The van der Waals surface area contributed by atoms with Gasteiger partial charge in [0.2, 0.25) is 10.0 Å². The number of rotatable bonds is 4. The van der Waals surface area contributed by atoms with Crippen LogP contribution in [0.2, 0.25) is 0 Å². The van der Waals surface area contributed by atoms with Crippen molar-refractivity contribution in [2.24, 2.45) is 0 Å². The molecule has 8 heteroatoms. The molecule has 1 aliphatic heterocycles. The molecule has 1 aliphatic rings. The van der Waals surface area contributed by atoms with Crippen molar-refractivity contribution in [1.82, 2.24) is 19.4 Å². The van der Waals surface area contributed by atoms with E-state index in [9.17, 15) is 13.7 Å². The number of aromatic nitrogens is 2. The average Bonchev–Trinajstić information content (AvgIpc) is 3.16. The Balaban J connectivity index is 1.44. The lowest BCUT2D eigenvalue weighted by Crippen LogP contribution is -2.48. The summed E-state index contributed by atoms with van der Waals surface area (Å²) in [6.07, 6.45) is 1.79. The van der Waals surface area contributed by atoms with Crippen LogP contribution in [-0.4, -0.2) is 54.0 Å². The van der Waals surface area contributed by atoms with Gasteiger partial charge < -0.3 is 0 Å². The minimum Gasteiger partial charge on any atom is -0.296 e. The van der Waals surface area contributed by atoms with Gasteiger partial charge in [0.25, 0.3) is 0 Å². The average molecular weight is 381 g/mol. The molecule has 1 saturated heterocycles. The summed E-state index contributed by atoms with van der Waals surface area (Å²) in [5.74, 6) is 0. The Hall–Kier alpha value is -2.73. The number of nitrogens with zero attached hydrogens (tertiary/aromatic N) is 4. The molecule has 1 aromatic heterocycles. The summed E-state index contributed by atoms with van der Waals surface area (Å²) in [7, 11) is -3.65. The van der Waals surface area contributed by atoms with Crippen LogP contribution < -0.4 is 0 Å². The third kappa shape index (κ3) is 3.45. The molecule has 0 saturated carbocycles. The van der Waals surface area contributed by atoms with Crippen LogP contribution in [0.15, 0.2) is 53.6 Å². The molecule has 7 nitrogen and oxygen atoms in total. The van der Waals surface area contributed by atoms with Crippen LogP contribution in [0.3, 0.4) is 0 Å². The van der Waals surface area contributed by atoms with E-state index in [2.05, 4.69) is 27.2 Å². The highest BCUT2D eigenvalue weighted by molar-refractivity contribution is 7.89. The molecule has 138 valence electrons. The third-order valence-electron chi connectivity index (χ3n) is 4.87. The van der Waals surface area contributed by atoms with Crippen molar-refractivity contribution < 1.29 is 8.42 Å². The molecule has 0 aliphatic carbocycles. The quantitative estimate of drug-likeness (QED) is 0.745. The minimum atomic E-state index is -3.65. The molecular weight excluding hydrogens is 362 g/mol. The molecule has 3 aromatic rings. The van der Waals surface area contributed by atoms with Crippen molar-refractivity contribution in [3.8, 4) is 6.07 Å². The molecule has 0 bridgehead atoms. The Morgan fingerprint density at radius 2 is 1.89 bits per heavy atom. The van der Waals surface area contributed by atoms with E-state index >= 15 is 0 Å². The molecule has 0 radical (unpaired) electrons. The summed E-state index contributed by atoms with van der Waals surface area (Å²) < 4.78 is 27.3. The van der Waals surface area contributed by atoms with Crippen LogP contribution in [0.4, 0.5) is 0 Å². The van der Waals surface area contributed by atoms with E-state index < -0.39 is 10.0 Å². The number of fused-ring (bicyclic) bond motifs is 1. The molecule has 1 N–H and O–H groups in total. The fourth-order valence-electron chi connectivity index (χ4n) is 3.39. The summed E-state index contributed by atoms with van der Waals surface area (Å²) in [6.45, 7) is 2.88. The first-order valence-corrected chi connectivity index (χ1v) is 10.2. The van der Waals surface area contributed by atoms with Crippen LogP contribution in [0.25, 0.3) is 10.9 Å². The Labute approximate surface area is 157 Å². The Morgan fingerprint density at radius 1 is 1.11 bits per heavy atom. The van der Waals surface area contributed by atoms with Gasteiger partial charge in [-0.15, -0.1) is 0 Å². The fraction of sp³-hybridized carbons (Fsp3) is 0.263. The second-order valence-electron chi connectivity index (χ2n) is 6.58. The zero-order valence-electron chi connectivity index (χ0n) is 14.7. The van der Waals surface area contributed by atoms with E-state index in [0.717, 1.165) is 23.0 Å². The molecule has 4 rings (SSSR count). The van der Waals surface area contributed by atoms with E-state index in [4.69, 9.17) is 0 Å². The first-order valence-electron chi connectivity index (χ1n) is 8.71. The van der Waals surface area contributed by atoms with E-state index in [1.807, 2.05) is 12.1 Å². The van der Waals surface area contributed by atoms with E-state index in [-0.39, 0.29) is 10.5 Å². The summed E-state index contributed by atoms with van der Waals surface area (Å²) in [4.78, 5) is 2.32. The SMILES string of the molecule is N#Cc1ccccc1S(=O)(=O)N1CCN(Cc2ccc3cn[nH]c3c2)CC1. The third-order valence-corrected chi connectivity index (χ3v) is 6.83. The molecule has 2 heterocycles. The first-order chi connectivity index (χ1) is 13.1.